The zero-order valence-electron chi connectivity index (χ0n) is 12.7. The highest BCUT2D eigenvalue weighted by molar-refractivity contribution is 5.77. The fraction of sp³-hybridized carbons (Fsp3) is 0.176. The summed E-state index contributed by atoms with van der Waals surface area (Å²) in [6.45, 7) is 1.84. The predicted molar refractivity (Wildman–Crippen MR) is 83.8 cm³/mol. The number of aromatic nitrogens is 4. The van der Waals surface area contributed by atoms with E-state index in [-0.39, 0.29) is 18.5 Å². The molecular weight excluding hydrogens is 292 g/mol. The second-order valence-electron chi connectivity index (χ2n) is 5.08. The Morgan fingerprint density at radius 1 is 1.09 bits per heavy atom. The number of nitrogens with zero attached hydrogens (tertiary/aromatic N) is 4. The normalized spacial score (nSPS) is 11.9. The molecule has 6 nitrogen and oxygen atoms in total. The van der Waals surface area contributed by atoms with Gasteiger partial charge in [0.25, 0.3) is 0 Å². The van der Waals surface area contributed by atoms with E-state index in [4.69, 9.17) is 4.74 Å². The molecule has 6 heteroatoms. The third-order valence-electron chi connectivity index (χ3n) is 3.53. The Morgan fingerprint density at radius 2 is 1.74 bits per heavy atom. The third kappa shape index (κ3) is 3.42. The van der Waals surface area contributed by atoms with E-state index in [1.807, 2.05) is 67.6 Å². The maximum Gasteiger partial charge on any atom is 0.313 e. The van der Waals surface area contributed by atoms with Crippen LogP contribution in [0.2, 0.25) is 0 Å². The van der Waals surface area contributed by atoms with Gasteiger partial charge in [-0.25, -0.2) is 0 Å². The fourth-order valence-electron chi connectivity index (χ4n) is 2.20. The molecule has 116 valence electrons. The van der Waals surface area contributed by atoms with Crippen LogP contribution in [0.3, 0.4) is 0 Å². The minimum absolute atomic E-state index is 0.0257. The van der Waals surface area contributed by atoms with Crippen molar-refractivity contribution in [2.75, 3.05) is 0 Å². The number of ether oxygens (including phenoxy) is 1. The number of carbonyl (C=O) groups is 1. The smallest absolute Gasteiger partial charge is 0.313 e. The largest absolute Gasteiger partial charge is 0.457 e. The molecule has 0 N–H and O–H groups in total. The fourth-order valence-corrected chi connectivity index (χ4v) is 2.20. The van der Waals surface area contributed by atoms with E-state index >= 15 is 0 Å². The molecule has 2 aromatic carbocycles. The average molecular weight is 308 g/mol. The van der Waals surface area contributed by atoms with Gasteiger partial charge in [0.1, 0.15) is 0 Å². The van der Waals surface area contributed by atoms with Gasteiger partial charge in [0.05, 0.1) is 11.6 Å². The number of benzene rings is 2. The van der Waals surface area contributed by atoms with Crippen molar-refractivity contribution in [2.24, 2.45) is 0 Å². The number of tetrazole rings is 1. The number of esters is 1. The molecule has 0 spiro atoms. The van der Waals surface area contributed by atoms with Crippen LogP contribution in [0.4, 0.5) is 0 Å². The van der Waals surface area contributed by atoms with Gasteiger partial charge < -0.3 is 4.74 Å². The van der Waals surface area contributed by atoms with Crippen molar-refractivity contribution in [3.63, 3.8) is 0 Å². The standard InChI is InChI=1S/C17H16N4O2/c1-13(14-8-4-2-5-9-14)17(22)23-12-16-18-19-20-21(16)15-10-6-3-7-11-15/h2-11,13H,12H2,1H3. The number of para-hydroxylation sites is 1. The summed E-state index contributed by atoms with van der Waals surface area (Å²) < 4.78 is 6.92. The molecule has 1 unspecified atom stereocenters. The summed E-state index contributed by atoms with van der Waals surface area (Å²) in [7, 11) is 0. The van der Waals surface area contributed by atoms with E-state index in [0.29, 0.717) is 5.82 Å². The molecule has 0 fully saturated rings. The highest BCUT2D eigenvalue weighted by Crippen LogP contribution is 2.17. The number of hydrogen-bond acceptors (Lipinski definition) is 5. The van der Waals surface area contributed by atoms with Crippen LogP contribution >= 0.6 is 0 Å². The summed E-state index contributed by atoms with van der Waals surface area (Å²) in [6.07, 6.45) is 0. The van der Waals surface area contributed by atoms with Gasteiger partial charge in [0, 0.05) is 0 Å². The Labute approximate surface area is 133 Å². The first-order chi connectivity index (χ1) is 11.3. The van der Waals surface area contributed by atoms with Crippen LogP contribution in [0.25, 0.3) is 5.69 Å². The Kier molecular flexibility index (Phi) is 4.42. The van der Waals surface area contributed by atoms with E-state index in [9.17, 15) is 4.79 Å². The summed E-state index contributed by atoms with van der Waals surface area (Å²) in [5, 5.41) is 11.5. The molecule has 3 aromatic rings. The number of rotatable bonds is 5. The lowest BCUT2D eigenvalue weighted by atomic mass is 10.0. The summed E-state index contributed by atoms with van der Waals surface area (Å²) in [5.74, 6) is -0.166. The van der Waals surface area contributed by atoms with Crippen LogP contribution in [0.5, 0.6) is 0 Å². The van der Waals surface area contributed by atoms with E-state index in [0.717, 1.165) is 11.3 Å². The monoisotopic (exact) mass is 308 g/mol. The van der Waals surface area contributed by atoms with Crippen molar-refractivity contribution in [3.8, 4) is 5.69 Å². The lowest BCUT2D eigenvalue weighted by Crippen LogP contribution is -2.15. The minimum atomic E-state index is -0.336. The lowest BCUT2D eigenvalue weighted by molar-refractivity contribution is -0.146. The molecule has 0 saturated carbocycles. The Hall–Kier alpha value is -3.02. The lowest BCUT2D eigenvalue weighted by Gasteiger charge is -2.11. The van der Waals surface area contributed by atoms with Gasteiger partial charge in [-0.15, -0.1) is 5.10 Å². The van der Waals surface area contributed by atoms with E-state index in [1.165, 1.54) is 0 Å². The SMILES string of the molecule is CC(C(=O)OCc1nnnn1-c1ccccc1)c1ccccc1. The Bertz CT molecular complexity index is 772. The van der Waals surface area contributed by atoms with Crippen molar-refractivity contribution >= 4 is 5.97 Å². The average Bonchev–Trinajstić information content (AvgIpc) is 3.09. The summed E-state index contributed by atoms with van der Waals surface area (Å²) in [5.41, 5.74) is 1.74. The quantitative estimate of drug-likeness (QED) is 0.677. The first-order valence-corrected chi connectivity index (χ1v) is 7.30. The molecule has 0 amide bonds. The second-order valence-corrected chi connectivity index (χ2v) is 5.08. The van der Waals surface area contributed by atoms with Crippen LogP contribution < -0.4 is 0 Å². The van der Waals surface area contributed by atoms with E-state index < -0.39 is 0 Å². The van der Waals surface area contributed by atoms with Crippen LogP contribution in [-0.4, -0.2) is 26.2 Å². The Balaban J connectivity index is 1.68. The van der Waals surface area contributed by atoms with E-state index in [1.54, 1.807) is 4.68 Å². The number of carbonyl (C=O) groups excluding carboxylic acids is 1. The van der Waals surface area contributed by atoms with Crippen LogP contribution in [0, 0.1) is 0 Å². The van der Waals surface area contributed by atoms with Crippen molar-refractivity contribution < 1.29 is 9.53 Å². The number of hydrogen-bond donors (Lipinski definition) is 0. The summed E-state index contributed by atoms with van der Waals surface area (Å²) in [6, 6.07) is 19.0. The zero-order chi connectivity index (χ0) is 16.1. The van der Waals surface area contributed by atoms with Gasteiger partial charge >= 0.3 is 5.97 Å². The van der Waals surface area contributed by atoms with Gasteiger partial charge in [0.2, 0.25) is 0 Å². The maximum absolute atomic E-state index is 12.2. The molecule has 1 aromatic heterocycles. The van der Waals surface area contributed by atoms with Crippen molar-refractivity contribution in [1.82, 2.24) is 20.2 Å². The highest BCUT2D eigenvalue weighted by atomic mass is 16.5. The van der Waals surface area contributed by atoms with Crippen molar-refractivity contribution in [2.45, 2.75) is 19.4 Å². The second kappa shape index (κ2) is 6.83. The zero-order valence-corrected chi connectivity index (χ0v) is 12.7. The minimum Gasteiger partial charge on any atom is -0.457 e. The van der Waals surface area contributed by atoms with E-state index in [2.05, 4.69) is 15.5 Å². The molecule has 0 saturated heterocycles. The van der Waals surface area contributed by atoms with Crippen molar-refractivity contribution in [1.29, 1.82) is 0 Å². The van der Waals surface area contributed by atoms with Gasteiger partial charge in [-0.3, -0.25) is 4.79 Å². The molecule has 0 aliphatic rings. The molecule has 23 heavy (non-hydrogen) atoms. The molecule has 0 bridgehead atoms. The first-order valence-electron chi connectivity index (χ1n) is 7.30. The van der Waals surface area contributed by atoms with Crippen LogP contribution in [0.15, 0.2) is 60.7 Å². The van der Waals surface area contributed by atoms with Gasteiger partial charge in [-0.1, -0.05) is 48.5 Å². The van der Waals surface area contributed by atoms with Crippen molar-refractivity contribution in [3.05, 3.63) is 72.1 Å². The highest BCUT2D eigenvalue weighted by Gasteiger charge is 2.18. The van der Waals surface area contributed by atoms with Crippen LogP contribution in [-0.2, 0) is 16.1 Å². The summed E-state index contributed by atoms with van der Waals surface area (Å²) >= 11 is 0. The molecule has 1 atom stereocenters. The topological polar surface area (TPSA) is 69.9 Å². The molecule has 1 heterocycles. The van der Waals surface area contributed by atoms with Gasteiger partial charge in [-0.05, 0) is 35.0 Å². The third-order valence-corrected chi connectivity index (χ3v) is 3.53. The Morgan fingerprint density at radius 3 is 2.43 bits per heavy atom. The summed E-state index contributed by atoms with van der Waals surface area (Å²) in [4.78, 5) is 12.2. The first kappa shape index (κ1) is 14.9. The van der Waals surface area contributed by atoms with Crippen LogP contribution in [0.1, 0.15) is 24.2 Å². The molecule has 0 aliphatic heterocycles. The predicted octanol–water partition coefficient (Wildman–Crippen LogP) is 2.51. The van der Waals surface area contributed by atoms with Gasteiger partial charge in [0.15, 0.2) is 12.4 Å². The van der Waals surface area contributed by atoms with Gasteiger partial charge in [-0.2, -0.15) is 4.68 Å². The molecular formula is C17H16N4O2. The maximum atomic E-state index is 12.2. The molecule has 0 aliphatic carbocycles. The molecule has 0 radical (unpaired) electrons. The molecule has 3 rings (SSSR count).